The molecule has 0 aliphatic heterocycles. The Bertz CT molecular complexity index is 467. The maximum absolute atomic E-state index is 11.1. The van der Waals surface area contributed by atoms with Crippen molar-refractivity contribution in [1.82, 2.24) is 4.90 Å². The van der Waals surface area contributed by atoms with Crippen LogP contribution in [0.25, 0.3) is 0 Å². The van der Waals surface area contributed by atoms with Gasteiger partial charge >= 0.3 is 0 Å². The average Bonchev–Trinajstić information content (AvgIpc) is 2.45. The van der Waals surface area contributed by atoms with Gasteiger partial charge in [0.15, 0.2) is 11.5 Å². The number of phenols is 1. The van der Waals surface area contributed by atoms with Crippen LogP contribution < -0.4 is 4.74 Å². The molecule has 1 aliphatic rings. The molecular formula is C17H27NO3. The number of benzene rings is 1. The number of hydrogen-bond donors (Lipinski definition) is 2. The van der Waals surface area contributed by atoms with Crippen LogP contribution >= 0.6 is 0 Å². The van der Waals surface area contributed by atoms with Crippen molar-refractivity contribution in [3.8, 4) is 11.5 Å². The number of likely N-dealkylation sites (N-methyl/N-ethyl adjacent to an activating group) is 1. The van der Waals surface area contributed by atoms with E-state index in [9.17, 15) is 10.2 Å². The van der Waals surface area contributed by atoms with Crippen LogP contribution in [0.3, 0.4) is 0 Å². The van der Waals surface area contributed by atoms with E-state index in [1.807, 2.05) is 20.2 Å². The number of ether oxygens (including phenoxy) is 1. The highest BCUT2D eigenvalue weighted by molar-refractivity contribution is 5.43. The molecule has 1 atom stereocenters. The Kier molecular flexibility index (Phi) is 5.12. The molecule has 2 N–H and O–H groups in total. The van der Waals surface area contributed by atoms with Crippen molar-refractivity contribution in [3.63, 3.8) is 0 Å². The number of nitrogens with zero attached hydrogens (tertiary/aromatic N) is 1. The van der Waals surface area contributed by atoms with Gasteiger partial charge in [0.1, 0.15) is 0 Å². The first-order chi connectivity index (χ1) is 9.96. The second-order valence-electron chi connectivity index (χ2n) is 6.41. The largest absolute Gasteiger partial charge is 0.504 e. The molecule has 0 saturated heterocycles. The van der Waals surface area contributed by atoms with Gasteiger partial charge in [0.05, 0.1) is 12.7 Å². The van der Waals surface area contributed by atoms with Gasteiger partial charge < -0.3 is 19.8 Å². The molecule has 118 valence electrons. The van der Waals surface area contributed by atoms with Gasteiger partial charge in [-0.1, -0.05) is 25.3 Å². The van der Waals surface area contributed by atoms with Crippen LogP contribution in [0.1, 0.15) is 43.6 Å². The molecule has 1 saturated carbocycles. The number of aromatic hydroxyl groups is 1. The van der Waals surface area contributed by atoms with E-state index in [1.54, 1.807) is 19.2 Å². The number of hydrogen-bond acceptors (Lipinski definition) is 4. The Hall–Kier alpha value is -1.26. The van der Waals surface area contributed by atoms with Crippen molar-refractivity contribution in [1.29, 1.82) is 0 Å². The molecule has 0 radical (unpaired) electrons. The molecular weight excluding hydrogens is 266 g/mol. The lowest BCUT2D eigenvalue weighted by molar-refractivity contribution is -0.0278. The third kappa shape index (κ3) is 3.69. The molecule has 0 spiro atoms. The van der Waals surface area contributed by atoms with Gasteiger partial charge in [-0.3, -0.25) is 0 Å². The monoisotopic (exact) mass is 293 g/mol. The van der Waals surface area contributed by atoms with Crippen molar-refractivity contribution >= 4 is 0 Å². The zero-order valence-electron chi connectivity index (χ0n) is 13.3. The van der Waals surface area contributed by atoms with Gasteiger partial charge in [0.25, 0.3) is 0 Å². The minimum atomic E-state index is -0.677. The topological polar surface area (TPSA) is 52.9 Å². The van der Waals surface area contributed by atoms with Crippen molar-refractivity contribution < 1.29 is 14.9 Å². The van der Waals surface area contributed by atoms with Crippen LogP contribution in [-0.4, -0.2) is 48.5 Å². The zero-order valence-corrected chi connectivity index (χ0v) is 13.3. The van der Waals surface area contributed by atoms with Crippen LogP contribution in [-0.2, 0) is 0 Å². The van der Waals surface area contributed by atoms with Gasteiger partial charge in [0, 0.05) is 12.5 Å². The number of phenolic OH excluding ortho intramolecular Hbond substituents is 1. The normalized spacial score (nSPS) is 19.5. The predicted molar refractivity (Wildman–Crippen MR) is 84.0 cm³/mol. The van der Waals surface area contributed by atoms with Crippen molar-refractivity contribution in [2.24, 2.45) is 0 Å². The van der Waals surface area contributed by atoms with Crippen LogP contribution in [0, 0.1) is 0 Å². The third-order valence-corrected chi connectivity index (χ3v) is 4.52. The van der Waals surface area contributed by atoms with E-state index in [0.717, 1.165) is 37.8 Å². The Morgan fingerprint density at radius 2 is 1.90 bits per heavy atom. The van der Waals surface area contributed by atoms with Crippen LogP contribution in [0.15, 0.2) is 18.2 Å². The van der Waals surface area contributed by atoms with E-state index >= 15 is 0 Å². The predicted octanol–water partition coefficient (Wildman–Crippen LogP) is 2.74. The maximum Gasteiger partial charge on any atom is 0.160 e. The molecule has 0 aromatic heterocycles. The lowest BCUT2D eigenvalue weighted by Crippen LogP contribution is -2.42. The molecule has 4 nitrogen and oxygen atoms in total. The van der Waals surface area contributed by atoms with E-state index in [-0.39, 0.29) is 11.7 Å². The van der Waals surface area contributed by atoms with Crippen molar-refractivity contribution in [3.05, 3.63) is 23.8 Å². The second-order valence-corrected chi connectivity index (χ2v) is 6.41. The Balaban J connectivity index is 2.33. The maximum atomic E-state index is 11.1. The summed E-state index contributed by atoms with van der Waals surface area (Å²) in [6.45, 7) is 0.766. The number of methoxy groups -OCH3 is 1. The highest BCUT2D eigenvalue weighted by Crippen LogP contribution is 2.42. The average molecular weight is 293 g/mol. The molecule has 1 unspecified atom stereocenters. The van der Waals surface area contributed by atoms with Gasteiger partial charge in [-0.15, -0.1) is 0 Å². The Morgan fingerprint density at radius 3 is 2.43 bits per heavy atom. The molecule has 0 amide bonds. The van der Waals surface area contributed by atoms with Gasteiger partial charge in [0.2, 0.25) is 0 Å². The molecule has 1 aliphatic carbocycles. The fourth-order valence-electron chi connectivity index (χ4n) is 3.39. The molecule has 2 rings (SSSR count). The summed E-state index contributed by atoms with van der Waals surface area (Å²) in [5.41, 5.74) is 0.301. The summed E-state index contributed by atoms with van der Waals surface area (Å²) >= 11 is 0. The SMILES string of the molecule is COc1ccc(C(CN(C)C)C2(O)CCCCC2)cc1O. The summed E-state index contributed by atoms with van der Waals surface area (Å²) in [6.07, 6.45) is 5.01. The molecule has 1 aromatic carbocycles. The quantitative estimate of drug-likeness (QED) is 0.876. The Morgan fingerprint density at radius 1 is 1.24 bits per heavy atom. The molecule has 4 heteroatoms. The standard InChI is InChI=1S/C17H27NO3/c1-18(2)12-14(17(20)9-5-4-6-10-17)13-7-8-16(21-3)15(19)11-13/h7-8,11,14,19-20H,4-6,9-10,12H2,1-3H3. The van der Waals surface area contributed by atoms with Gasteiger partial charge in [-0.2, -0.15) is 0 Å². The number of aliphatic hydroxyl groups is 1. The minimum absolute atomic E-state index is 0.00426. The summed E-state index contributed by atoms with van der Waals surface area (Å²) in [7, 11) is 5.58. The summed E-state index contributed by atoms with van der Waals surface area (Å²) in [4.78, 5) is 2.10. The van der Waals surface area contributed by atoms with Crippen LogP contribution in [0.4, 0.5) is 0 Å². The first-order valence-electron chi connectivity index (χ1n) is 7.70. The van der Waals surface area contributed by atoms with E-state index in [1.165, 1.54) is 6.42 Å². The van der Waals surface area contributed by atoms with E-state index < -0.39 is 5.60 Å². The fraction of sp³-hybridized carbons (Fsp3) is 0.647. The molecule has 0 heterocycles. The highest BCUT2D eigenvalue weighted by atomic mass is 16.5. The van der Waals surface area contributed by atoms with E-state index in [2.05, 4.69) is 4.90 Å². The molecule has 1 fully saturated rings. The molecule has 21 heavy (non-hydrogen) atoms. The molecule has 0 bridgehead atoms. The second kappa shape index (κ2) is 6.67. The lowest BCUT2D eigenvalue weighted by atomic mass is 9.72. The van der Waals surface area contributed by atoms with Crippen molar-refractivity contribution in [2.75, 3.05) is 27.7 Å². The zero-order chi connectivity index (χ0) is 15.5. The van der Waals surface area contributed by atoms with Gasteiger partial charge in [-0.05, 0) is 44.6 Å². The van der Waals surface area contributed by atoms with Crippen molar-refractivity contribution in [2.45, 2.75) is 43.6 Å². The first-order valence-corrected chi connectivity index (χ1v) is 7.70. The van der Waals surface area contributed by atoms with Crippen LogP contribution in [0.2, 0.25) is 0 Å². The smallest absolute Gasteiger partial charge is 0.160 e. The van der Waals surface area contributed by atoms with Crippen LogP contribution in [0.5, 0.6) is 11.5 Å². The summed E-state index contributed by atoms with van der Waals surface area (Å²) in [5.74, 6) is 0.612. The lowest BCUT2D eigenvalue weighted by Gasteiger charge is -2.41. The summed E-state index contributed by atoms with van der Waals surface area (Å²) < 4.78 is 5.11. The summed E-state index contributed by atoms with van der Waals surface area (Å²) in [6, 6.07) is 5.47. The fourth-order valence-corrected chi connectivity index (χ4v) is 3.39. The Labute approximate surface area is 127 Å². The highest BCUT2D eigenvalue weighted by Gasteiger charge is 2.39. The number of rotatable bonds is 5. The van der Waals surface area contributed by atoms with E-state index in [0.29, 0.717) is 5.75 Å². The minimum Gasteiger partial charge on any atom is -0.504 e. The summed E-state index contributed by atoms with van der Waals surface area (Å²) in [5, 5.41) is 21.1. The molecule has 1 aromatic rings. The van der Waals surface area contributed by atoms with Gasteiger partial charge in [-0.25, -0.2) is 0 Å². The first kappa shape index (κ1) is 16.1. The third-order valence-electron chi connectivity index (χ3n) is 4.52. The van der Waals surface area contributed by atoms with E-state index in [4.69, 9.17) is 4.74 Å².